The highest BCUT2D eigenvalue weighted by atomic mass is 31.1. The van der Waals surface area contributed by atoms with E-state index in [0.717, 1.165) is 31.8 Å². The number of hydrogen-bond donors (Lipinski definition) is 2. The Morgan fingerprint density at radius 1 is 0.500 bits per heavy atom. The van der Waals surface area contributed by atoms with Crippen molar-refractivity contribution < 1.29 is 19.1 Å². The third-order valence-corrected chi connectivity index (χ3v) is 15.0. The summed E-state index contributed by atoms with van der Waals surface area (Å²) in [6.07, 6.45) is -0.700. The van der Waals surface area contributed by atoms with E-state index < -0.39 is 50.2 Å². The number of amides is 1. The summed E-state index contributed by atoms with van der Waals surface area (Å²) in [5.74, 6) is -1.03. The number of rotatable bonds is 10. The van der Waals surface area contributed by atoms with E-state index in [0.29, 0.717) is 11.1 Å². The van der Waals surface area contributed by atoms with Crippen molar-refractivity contribution in [1.82, 2.24) is 4.90 Å². The van der Waals surface area contributed by atoms with Crippen LogP contribution in [0, 0.1) is 0 Å². The number of carbonyl (C=O) groups excluding carboxylic acids is 3. The molecular weight excluding hydrogens is 732 g/mol. The molecule has 0 saturated carbocycles. The predicted octanol–water partition coefficient (Wildman–Crippen LogP) is 5.91. The lowest BCUT2D eigenvalue weighted by molar-refractivity contribution is 0.0281. The van der Waals surface area contributed by atoms with Crippen molar-refractivity contribution in [3.63, 3.8) is 0 Å². The van der Waals surface area contributed by atoms with Gasteiger partial charge >= 0.3 is 6.09 Å². The molecule has 282 valence electrons. The van der Waals surface area contributed by atoms with Crippen LogP contribution in [0.25, 0.3) is 0 Å². The molecule has 2 unspecified atom stereocenters. The maximum atomic E-state index is 15.5. The van der Waals surface area contributed by atoms with Crippen molar-refractivity contribution in [3.8, 4) is 0 Å². The van der Waals surface area contributed by atoms with Crippen LogP contribution in [0.1, 0.15) is 41.5 Å². The minimum atomic E-state index is -2.04. The van der Waals surface area contributed by atoms with E-state index >= 15 is 9.59 Å². The molecule has 0 aliphatic carbocycles. The molecule has 0 aromatic heterocycles. The third kappa shape index (κ3) is 7.61. The number of carbonyl (C=O) groups is 3. The second-order valence-corrected chi connectivity index (χ2v) is 19.4. The largest absolute Gasteiger partial charge is 0.444 e. The summed E-state index contributed by atoms with van der Waals surface area (Å²) in [7, 11) is -2.48. The lowest BCUT2D eigenvalue weighted by Gasteiger charge is -2.38. The Kier molecular flexibility index (Phi) is 11.2. The minimum absolute atomic E-state index is 0.319. The average Bonchev–Trinajstić information content (AvgIpc) is 3.51. The summed E-state index contributed by atoms with van der Waals surface area (Å²) in [5, 5.41) is 5.72. The molecule has 1 fully saturated rings. The van der Waals surface area contributed by atoms with Crippen molar-refractivity contribution in [2.75, 3.05) is 13.1 Å². The number of ketones is 2. The van der Waals surface area contributed by atoms with Gasteiger partial charge in [0.25, 0.3) is 0 Å². The number of ether oxygens (including phenoxy) is 1. The van der Waals surface area contributed by atoms with Crippen LogP contribution < -0.4 is 43.3 Å². The van der Waals surface area contributed by atoms with Gasteiger partial charge in [0.05, 0.1) is 13.1 Å². The molecule has 4 N–H and O–H groups in total. The zero-order valence-electron chi connectivity index (χ0n) is 31.7. The molecule has 6 aromatic carbocycles. The van der Waals surface area contributed by atoms with Crippen molar-refractivity contribution in [2.45, 2.75) is 37.5 Å². The lowest BCUT2D eigenvalue weighted by atomic mass is 9.71. The highest BCUT2D eigenvalue weighted by Crippen LogP contribution is 2.40. The van der Waals surface area contributed by atoms with E-state index in [1.165, 1.54) is 4.90 Å². The molecule has 1 amide bonds. The van der Waals surface area contributed by atoms with Gasteiger partial charge in [-0.15, -0.1) is 0 Å². The van der Waals surface area contributed by atoms with E-state index in [-0.39, 0.29) is 13.1 Å². The Balaban J connectivity index is 1.39. The molecule has 56 heavy (non-hydrogen) atoms. The van der Waals surface area contributed by atoms with Gasteiger partial charge in [0, 0.05) is 11.1 Å². The molecule has 1 aliphatic rings. The standard InChI is InChI=1S/C47H45N3O4P2/c1-45(2,3)54-44(53)50-32-46(48,42(51)38-28-16-18-30-40(38)55(34-20-8-4-9-21-34)35-22-10-5-11-23-35)47(49,33-50)43(52)39-29-17-19-31-41(39)56(36-24-12-6-13-25-36)37-26-14-7-15-27-37/h4-31H,32-33,48-49H2,1-3H3. The molecule has 1 heterocycles. The van der Waals surface area contributed by atoms with Crippen molar-refractivity contribution in [2.24, 2.45) is 11.5 Å². The first kappa shape index (κ1) is 39.0. The first-order valence-electron chi connectivity index (χ1n) is 18.6. The SMILES string of the molecule is CC(C)(C)OC(=O)N1CC(N)(C(=O)c2ccccc2P(c2ccccc2)c2ccccc2)C(N)(C(=O)c2ccccc2P(c2ccccc2)c2ccccc2)C1. The maximum Gasteiger partial charge on any atom is 0.410 e. The van der Waals surface area contributed by atoms with Gasteiger partial charge in [-0.1, -0.05) is 170 Å². The fourth-order valence-corrected chi connectivity index (χ4v) is 12.2. The first-order valence-corrected chi connectivity index (χ1v) is 21.2. The fraction of sp³-hybridized carbons (Fsp3) is 0.170. The quantitative estimate of drug-likeness (QED) is 0.132. The van der Waals surface area contributed by atoms with Crippen LogP contribution >= 0.6 is 15.8 Å². The van der Waals surface area contributed by atoms with Gasteiger partial charge in [0.2, 0.25) is 0 Å². The van der Waals surface area contributed by atoms with Crippen LogP contribution in [0.4, 0.5) is 4.79 Å². The van der Waals surface area contributed by atoms with Crippen LogP contribution in [-0.4, -0.2) is 52.3 Å². The Morgan fingerprint density at radius 3 is 1.09 bits per heavy atom. The second-order valence-electron chi connectivity index (χ2n) is 15.0. The number of benzene rings is 6. The van der Waals surface area contributed by atoms with Crippen molar-refractivity contribution >= 4 is 65.3 Å². The molecule has 6 aromatic rings. The highest BCUT2D eigenvalue weighted by Gasteiger charge is 2.64. The summed E-state index contributed by atoms with van der Waals surface area (Å²) >= 11 is 0. The average molecular weight is 778 g/mol. The van der Waals surface area contributed by atoms with Crippen LogP contribution in [0.2, 0.25) is 0 Å². The normalized spacial score (nSPS) is 18.2. The number of nitrogens with two attached hydrogens (primary N) is 2. The molecule has 7 nitrogen and oxygen atoms in total. The van der Waals surface area contributed by atoms with Gasteiger partial charge in [-0.3, -0.25) is 9.59 Å². The van der Waals surface area contributed by atoms with Crippen LogP contribution in [0.3, 0.4) is 0 Å². The molecule has 0 radical (unpaired) electrons. The Labute approximate surface area is 331 Å². The van der Waals surface area contributed by atoms with Gasteiger partial charge in [-0.05, 0) is 68.4 Å². The zero-order chi connectivity index (χ0) is 39.5. The highest BCUT2D eigenvalue weighted by molar-refractivity contribution is 7.80. The number of nitrogens with zero attached hydrogens (tertiary/aromatic N) is 1. The van der Waals surface area contributed by atoms with E-state index in [1.807, 2.05) is 97.1 Å². The first-order chi connectivity index (χ1) is 26.9. The predicted molar refractivity (Wildman–Crippen MR) is 231 cm³/mol. The minimum Gasteiger partial charge on any atom is -0.444 e. The van der Waals surface area contributed by atoms with E-state index in [9.17, 15) is 4.79 Å². The summed E-state index contributed by atoms with van der Waals surface area (Å²) in [5.41, 5.74) is 10.6. The molecule has 9 heteroatoms. The Hall–Kier alpha value is -5.29. The van der Waals surface area contributed by atoms with Gasteiger partial charge in [0.1, 0.15) is 16.7 Å². The summed E-state index contributed by atoms with van der Waals surface area (Å²) in [6, 6.07) is 55.0. The second kappa shape index (κ2) is 16.1. The van der Waals surface area contributed by atoms with E-state index in [2.05, 4.69) is 48.5 Å². The molecule has 2 atom stereocenters. The fourth-order valence-electron chi connectivity index (χ4n) is 7.31. The van der Waals surface area contributed by atoms with Gasteiger partial charge in [0.15, 0.2) is 11.6 Å². The summed E-state index contributed by atoms with van der Waals surface area (Å²) in [6.45, 7) is 4.65. The monoisotopic (exact) mass is 777 g/mol. The molecule has 1 saturated heterocycles. The lowest BCUT2D eigenvalue weighted by Crippen LogP contribution is -2.73. The van der Waals surface area contributed by atoms with Crippen molar-refractivity contribution in [1.29, 1.82) is 0 Å². The molecule has 7 rings (SSSR count). The zero-order valence-corrected chi connectivity index (χ0v) is 33.5. The van der Waals surface area contributed by atoms with Crippen LogP contribution in [0.5, 0.6) is 0 Å². The molecule has 1 aliphatic heterocycles. The third-order valence-electron chi connectivity index (χ3n) is 9.98. The summed E-state index contributed by atoms with van der Waals surface area (Å²) in [4.78, 5) is 46.1. The van der Waals surface area contributed by atoms with Gasteiger partial charge < -0.3 is 21.1 Å². The maximum absolute atomic E-state index is 15.5. The van der Waals surface area contributed by atoms with E-state index in [1.54, 1.807) is 45.0 Å². The molecule has 0 spiro atoms. The number of Topliss-reactive ketones (excluding diaryl/α,β-unsaturated/α-hetero) is 2. The van der Waals surface area contributed by atoms with Gasteiger partial charge in [-0.25, -0.2) is 4.79 Å². The topological polar surface area (TPSA) is 116 Å². The van der Waals surface area contributed by atoms with E-state index in [4.69, 9.17) is 16.2 Å². The summed E-state index contributed by atoms with van der Waals surface area (Å²) < 4.78 is 5.79. The van der Waals surface area contributed by atoms with Crippen LogP contribution in [0.15, 0.2) is 170 Å². The molecule has 0 bridgehead atoms. The Bertz CT molecular complexity index is 2110. The smallest absolute Gasteiger partial charge is 0.410 e. The van der Waals surface area contributed by atoms with Crippen molar-refractivity contribution in [3.05, 3.63) is 181 Å². The van der Waals surface area contributed by atoms with Crippen LogP contribution in [-0.2, 0) is 4.74 Å². The number of hydrogen-bond acceptors (Lipinski definition) is 6. The van der Waals surface area contributed by atoms with Gasteiger partial charge in [-0.2, -0.15) is 0 Å². The Morgan fingerprint density at radius 2 is 0.786 bits per heavy atom. The molecular formula is C47H45N3O4P2. The number of likely N-dealkylation sites (tertiary alicyclic amines) is 1.